The zero-order valence-electron chi connectivity index (χ0n) is 17.7. The van der Waals surface area contributed by atoms with Crippen LogP contribution in [-0.4, -0.2) is 30.2 Å². The summed E-state index contributed by atoms with van der Waals surface area (Å²) < 4.78 is 5.57. The van der Waals surface area contributed by atoms with Gasteiger partial charge in [-0.1, -0.05) is 36.4 Å². The van der Waals surface area contributed by atoms with Crippen LogP contribution < -0.4 is 15.0 Å². The minimum Gasteiger partial charge on any atom is -0.480 e. The van der Waals surface area contributed by atoms with E-state index in [0.717, 1.165) is 46.6 Å². The van der Waals surface area contributed by atoms with E-state index in [1.165, 1.54) is 24.9 Å². The summed E-state index contributed by atoms with van der Waals surface area (Å²) in [5.74, 6) is 1.32. The Morgan fingerprint density at radius 3 is 2.55 bits per heavy atom. The molecule has 3 heterocycles. The van der Waals surface area contributed by atoms with Crippen LogP contribution in [0.1, 0.15) is 19.3 Å². The third-order valence-corrected chi connectivity index (χ3v) is 5.80. The third-order valence-electron chi connectivity index (χ3n) is 5.80. The van der Waals surface area contributed by atoms with Gasteiger partial charge in [-0.25, -0.2) is 9.97 Å². The highest BCUT2D eigenvalue weighted by Gasteiger charge is 2.15. The summed E-state index contributed by atoms with van der Waals surface area (Å²) in [6, 6.07) is 22.9. The molecule has 1 fully saturated rings. The summed E-state index contributed by atoms with van der Waals surface area (Å²) >= 11 is 0. The zero-order valence-corrected chi connectivity index (χ0v) is 17.7. The summed E-state index contributed by atoms with van der Waals surface area (Å²) in [5.41, 5.74) is 4.24. The number of aromatic nitrogens is 2. The lowest BCUT2D eigenvalue weighted by Crippen LogP contribution is -2.29. The zero-order chi connectivity index (χ0) is 21.0. The van der Waals surface area contributed by atoms with Gasteiger partial charge in [-0.3, -0.25) is 0 Å². The monoisotopic (exact) mass is 410 g/mol. The minimum atomic E-state index is 0.569. The predicted octanol–water partition coefficient (Wildman–Crippen LogP) is 6.04. The molecule has 0 unspecified atom stereocenters. The van der Waals surface area contributed by atoms with E-state index in [1.807, 2.05) is 24.3 Å². The number of hydrogen-bond acceptors (Lipinski definition) is 5. The molecule has 0 radical (unpaired) electrons. The summed E-state index contributed by atoms with van der Waals surface area (Å²) in [6.07, 6.45) is 5.61. The van der Waals surface area contributed by atoms with E-state index >= 15 is 0 Å². The van der Waals surface area contributed by atoms with Crippen molar-refractivity contribution in [2.75, 3.05) is 30.4 Å². The second kappa shape index (κ2) is 8.64. The fourth-order valence-corrected chi connectivity index (χ4v) is 4.24. The molecule has 156 valence electrons. The lowest BCUT2D eigenvalue weighted by atomic mass is 10.1. The molecule has 0 amide bonds. The molecule has 1 aliphatic heterocycles. The van der Waals surface area contributed by atoms with Gasteiger partial charge in [0.2, 0.25) is 5.88 Å². The van der Waals surface area contributed by atoms with Crippen LogP contribution in [0, 0.1) is 0 Å². The molecule has 0 spiro atoms. The summed E-state index contributed by atoms with van der Waals surface area (Å²) in [7, 11) is 1.65. The van der Waals surface area contributed by atoms with Gasteiger partial charge in [-0.2, -0.15) is 0 Å². The van der Waals surface area contributed by atoms with Crippen molar-refractivity contribution in [2.45, 2.75) is 19.3 Å². The van der Waals surface area contributed by atoms with Crippen LogP contribution in [0.15, 0.2) is 72.9 Å². The van der Waals surface area contributed by atoms with E-state index in [0.29, 0.717) is 5.88 Å². The molecule has 31 heavy (non-hydrogen) atoms. The van der Waals surface area contributed by atoms with Crippen molar-refractivity contribution in [3.63, 3.8) is 0 Å². The number of benzene rings is 2. The summed E-state index contributed by atoms with van der Waals surface area (Å²) in [5, 5.41) is 5.47. The van der Waals surface area contributed by atoms with Gasteiger partial charge in [0.1, 0.15) is 5.82 Å². The Morgan fingerprint density at radius 2 is 1.74 bits per heavy atom. The highest BCUT2D eigenvalue weighted by molar-refractivity contribution is 5.99. The van der Waals surface area contributed by atoms with Gasteiger partial charge >= 0.3 is 0 Å². The van der Waals surface area contributed by atoms with E-state index in [-0.39, 0.29) is 0 Å². The van der Waals surface area contributed by atoms with E-state index in [4.69, 9.17) is 9.72 Å². The number of methoxy groups -OCH3 is 1. The fraction of sp³-hybridized carbons (Fsp3) is 0.231. The maximum Gasteiger partial charge on any atom is 0.224 e. The first-order valence-corrected chi connectivity index (χ1v) is 10.8. The maximum absolute atomic E-state index is 5.57. The van der Waals surface area contributed by atoms with Gasteiger partial charge in [0.05, 0.1) is 18.2 Å². The summed E-state index contributed by atoms with van der Waals surface area (Å²) in [6.45, 7) is 2.23. The number of nitrogens with one attached hydrogen (secondary N) is 1. The standard InChI is InChI=1S/C26H26N4O/c1-31-26-24-20(13-14-27-26)17-23(19-9-4-2-5-10-19)29-25(24)28-21-11-8-12-22(18-21)30-15-6-3-7-16-30/h2,4-5,8-14,17-18H,3,6-7,15-16H2,1H3,(H,28,29). The van der Waals surface area contributed by atoms with Crippen molar-refractivity contribution in [1.82, 2.24) is 9.97 Å². The first-order valence-electron chi connectivity index (χ1n) is 10.8. The summed E-state index contributed by atoms with van der Waals surface area (Å²) in [4.78, 5) is 11.8. The Balaban J connectivity index is 1.58. The van der Waals surface area contributed by atoms with Crippen LogP contribution >= 0.6 is 0 Å². The van der Waals surface area contributed by atoms with Gasteiger partial charge in [0.25, 0.3) is 0 Å². The Bertz CT molecular complexity index is 1190. The molecule has 2 aromatic carbocycles. The average molecular weight is 411 g/mol. The number of anilines is 3. The van der Waals surface area contributed by atoms with Crippen molar-refractivity contribution in [1.29, 1.82) is 0 Å². The lowest BCUT2D eigenvalue weighted by Gasteiger charge is -2.29. The maximum atomic E-state index is 5.57. The quantitative estimate of drug-likeness (QED) is 0.435. The number of piperidine rings is 1. The molecule has 1 aliphatic rings. The van der Waals surface area contributed by atoms with Crippen molar-refractivity contribution in [3.8, 4) is 17.1 Å². The van der Waals surface area contributed by atoms with E-state index in [2.05, 4.69) is 57.7 Å². The number of fused-ring (bicyclic) bond motifs is 1. The molecule has 5 nitrogen and oxygen atoms in total. The van der Waals surface area contributed by atoms with Crippen molar-refractivity contribution in [3.05, 3.63) is 72.9 Å². The van der Waals surface area contributed by atoms with Gasteiger partial charge in [0, 0.05) is 36.2 Å². The smallest absolute Gasteiger partial charge is 0.224 e. The topological polar surface area (TPSA) is 50.3 Å². The molecular formula is C26H26N4O. The van der Waals surface area contributed by atoms with Gasteiger partial charge in [-0.15, -0.1) is 0 Å². The van der Waals surface area contributed by atoms with Crippen LogP contribution in [0.3, 0.4) is 0 Å². The van der Waals surface area contributed by atoms with Crippen LogP contribution in [0.2, 0.25) is 0 Å². The highest BCUT2D eigenvalue weighted by Crippen LogP contribution is 2.35. The third kappa shape index (κ3) is 4.04. The molecule has 0 aliphatic carbocycles. The van der Waals surface area contributed by atoms with E-state index in [9.17, 15) is 0 Å². The molecule has 0 saturated carbocycles. The first kappa shape index (κ1) is 19.4. The Hall–Kier alpha value is -3.60. The first-order chi connectivity index (χ1) is 15.3. The number of nitrogens with zero attached hydrogens (tertiary/aromatic N) is 3. The molecule has 0 atom stereocenters. The van der Waals surface area contributed by atoms with Crippen LogP contribution in [0.25, 0.3) is 22.0 Å². The second-order valence-corrected chi connectivity index (χ2v) is 7.86. The van der Waals surface area contributed by atoms with Gasteiger partial charge in [-0.05, 0) is 55.0 Å². The molecule has 1 N–H and O–H groups in total. The number of hydrogen-bond donors (Lipinski definition) is 1. The Kier molecular flexibility index (Phi) is 5.40. The molecular weight excluding hydrogens is 384 g/mol. The highest BCUT2D eigenvalue weighted by atomic mass is 16.5. The molecule has 1 saturated heterocycles. The van der Waals surface area contributed by atoms with Crippen LogP contribution in [-0.2, 0) is 0 Å². The molecule has 5 rings (SSSR count). The number of rotatable bonds is 5. The van der Waals surface area contributed by atoms with Crippen molar-refractivity contribution < 1.29 is 4.74 Å². The SMILES string of the molecule is COc1nccc2cc(-c3ccccc3)nc(Nc3cccc(N4CCCCC4)c3)c12. The second-order valence-electron chi connectivity index (χ2n) is 7.86. The molecule has 2 aromatic heterocycles. The Morgan fingerprint density at radius 1 is 0.903 bits per heavy atom. The normalized spacial score (nSPS) is 13.9. The number of ether oxygens (including phenoxy) is 1. The van der Waals surface area contributed by atoms with Gasteiger partial charge < -0.3 is 15.0 Å². The molecule has 4 aromatic rings. The van der Waals surface area contributed by atoms with Gasteiger partial charge in [0.15, 0.2) is 0 Å². The molecule has 5 heteroatoms. The largest absolute Gasteiger partial charge is 0.480 e. The Labute approximate surface area is 182 Å². The van der Waals surface area contributed by atoms with Crippen molar-refractivity contribution in [2.24, 2.45) is 0 Å². The molecule has 0 bridgehead atoms. The predicted molar refractivity (Wildman–Crippen MR) is 127 cm³/mol. The average Bonchev–Trinajstić information content (AvgIpc) is 2.85. The fourth-order valence-electron chi connectivity index (χ4n) is 4.24. The number of pyridine rings is 2. The minimum absolute atomic E-state index is 0.569. The van der Waals surface area contributed by atoms with Crippen LogP contribution in [0.5, 0.6) is 5.88 Å². The van der Waals surface area contributed by atoms with E-state index < -0.39 is 0 Å². The lowest BCUT2D eigenvalue weighted by molar-refractivity contribution is 0.403. The van der Waals surface area contributed by atoms with Crippen LogP contribution in [0.4, 0.5) is 17.2 Å². The van der Waals surface area contributed by atoms with Crippen molar-refractivity contribution >= 4 is 28.0 Å². The van der Waals surface area contributed by atoms with E-state index in [1.54, 1.807) is 13.3 Å².